The van der Waals surface area contributed by atoms with Crippen molar-refractivity contribution in [2.24, 2.45) is 0 Å². The van der Waals surface area contributed by atoms with E-state index in [-0.39, 0.29) is 0 Å². The summed E-state index contributed by atoms with van der Waals surface area (Å²) in [6.45, 7) is 4.11. The molecule has 2 aromatic rings. The van der Waals surface area contributed by atoms with Gasteiger partial charge in [-0.15, -0.1) is 23.1 Å². The van der Waals surface area contributed by atoms with Crippen LogP contribution in [0, 0.1) is 0 Å². The number of thiophene rings is 1. The van der Waals surface area contributed by atoms with Crippen LogP contribution in [0.5, 0.6) is 0 Å². The Bertz CT molecular complexity index is 417. The summed E-state index contributed by atoms with van der Waals surface area (Å²) in [5.41, 5.74) is 0. The predicted molar refractivity (Wildman–Crippen MR) is 73.4 cm³/mol. The molecule has 5 heteroatoms. The lowest BCUT2D eigenvalue weighted by molar-refractivity contribution is 0.690. The molecule has 17 heavy (non-hydrogen) atoms. The van der Waals surface area contributed by atoms with Crippen LogP contribution < -0.4 is 5.32 Å². The molecule has 0 amide bonds. The number of nitrogens with zero attached hydrogens (tertiary/aromatic N) is 2. The van der Waals surface area contributed by atoms with Crippen LogP contribution >= 0.6 is 23.1 Å². The summed E-state index contributed by atoms with van der Waals surface area (Å²) in [5, 5.41) is 7.03. The molecule has 0 bridgehead atoms. The van der Waals surface area contributed by atoms with Crippen molar-refractivity contribution in [3.05, 3.63) is 41.0 Å². The Balaban J connectivity index is 1.69. The zero-order chi connectivity index (χ0) is 11.9. The third-order valence-electron chi connectivity index (χ3n) is 2.17. The highest BCUT2D eigenvalue weighted by Gasteiger charge is 2.05. The average molecular weight is 265 g/mol. The minimum absolute atomic E-state index is 0.492. The predicted octanol–water partition coefficient (Wildman–Crippen LogP) is 2.81. The standard InChI is InChI=1S/C12H15N3S2/c1-10(17-12-9-13-4-5-15-12)7-14-8-11-3-2-6-16-11/h2-6,9-10,14H,7-8H2,1H3. The summed E-state index contributed by atoms with van der Waals surface area (Å²) < 4.78 is 0. The molecule has 0 aliphatic carbocycles. The van der Waals surface area contributed by atoms with E-state index in [1.54, 1.807) is 41.7 Å². The Labute approximate surface area is 110 Å². The van der Waals surface area contributed by atoms with Crippen LogP contribution in [0.4, 0.5) is 0 Å². The molecule has 2 aromatic heterocycles. The largest absolute Gasteiger partial charge is 0.311 e. The zero-order valence-corrected chi connectivity index (χ0v) is 11.3. The Morgan fingerprint density at radius 2 is 2.41 bits per heavy atom. The first-order valence-corrected chi connectivity index (χ1v) is 7.26. The van der Waals surface area contributed by atoms with Gasteiger partial charge in [-0.2, -0.15) is 0 Å². The summed E-state index contributed by atoms with van der Waals surface area (Å²) in [4.78, 5) is 9.68. The van der Waals surface area contributed by atoms with Gasteiger partial charge in [0.2, 0.25) is 0 Å². The first-order chi connectivity index (χ1) is 8.34. The van der Waals surface area contributed by atoms with Gasteiger partial charge in [-0.1, -0.05) is 13.0 Å². The molecule has 0 aliphatic rings. The molecule has 0 spiro atoms. The van der Waals surface area contributed by atoms with Gasteiger partial charge in [0.05, 0.1) is 6.20 Å². The molecule has 0 fully saturated rings. The van der Waals surface area contributed by atoms with Gasteiger partial charge in [-0.3, -0.25) is 4.98 Å². The fourth-order valence-electron chi connectivity index (χ4n) is 1.41. The summed E-state index contributed by atoms with van der Waals surface area (Å²) in [6, 6.07) is 4.23. The Morgan fingerprint density at radius 1 is 1.47 bits per heavy atom. The van der Waals surface area contributed by atoms with Gasteiger partial charge >= 0.3 is 0 Å². The Kier molecular flexibility index (Phi) is 4.97. The average Bonchev–Trinajstić information content (AvgIpc) is 2.83. The van der Waals surface area contributed by atoms with Gasteiger partial charge in [0.1, 0.15) is 5.03 Å². The number of nitrogens with one attached hydrogen (secondary N) is 1. The van der Waals surface area contributed by atoms with E-state index in [9.17, 15) is 0 Å². The molecule has 2 heterocycles. The van der Waals surface area contributed by atoms with Gasteiger partial charge in [0.15, 0.2) is 0 Å². The Morgan fingerprint density at radius 3 is 3.12 bits per heavy atom. The fourth-order valence-corrected chi connectivity index (χ4v) is 2.94. The van der Waals surface area contributed by atoms with Crippen molar-refractivity contribution >= 4 is 23.1 Å². The number of hydrogen-bond acceptors (Lipinski definition) is 5. The SMILES string of the molecule is CC(CNCc1cccs1)Sc1cnccn1. The number of hydrogen-bond donors (Lipinski definition) is 1. The highest BCUT2D eigenvalue weighted by atomic mass is 32.2. The minimum atomic E-state index is 0.492. The molecule has 1 N–H and O–H groups in total. The molecule has 1 atom stereocenters. The highest BCUT2D eigenvalue weighted by Crippen LogP contribution is 2.19. The summed E-state index contributed by atoms with van der Waals surface area (Å²) in [7, 11) is 0. The molecule has 2 rings (SSSR count). The van der Waals surface area contributed by atoms with Gasteiger partial charge in [-0.25, -0.2) is 4.98 Å². The molecule has 0 saturated heterocycles. The van der Waals surface area contributed by atoms with E-state index < -0.39 is 0 Å². The maximum absolute atomic E-state index is 4.25. The number of thioether (sulfide) groups is 1. The molecule has 0 saturated carbocycles. The first-order valence-electron chi connectivity index (χ1n) is 5.50. The van der Waals surface area contributed by atoms with E-state index in [1.807, 2.05) is 0 Å². The zero-order valence-electron chi connectivity index (χ0n) is 9.67. The van der Waals surface area contributed by atoms with Crippen molar-refractivity contribution in [1.82, 2.24) is 15.3 Å². The van der Waals surface area contributed by atoms with Crippen LogP contribution in [0.1, 0.15) is 11.8 Å². The summed E-state index contributed by atoms with van der Waals surface area (Å²) in [6.07, 6.45) is 5.23. The first kappa shape index (κ1) is 12.5. The van der Waals surface area contributed by atoms with Crippen LogP contribution in [0.2, 0.25) is 0 Å². The second-order valence-electron chi connectivity index (χ2n) is 3.68. The van der Waals surface area contributed by atoms with E-state index in [1.165, 1.54) is 4.88 Å². The van der Waals surface area contributed by atoms with E-state index in [4.69, 9.17) is 0 Å². The number of rotatable bonds is 6. The van der Waals surface area contributed by atoms with Gasteiger partial charge in [-0.05, 0) is 11.4 Å². The second kappa shape index (κ2) is 6.74. The fraction of sp³-hybridized carbons (Fsp3) is 0.333. The lowest BCUT2D eigenvalue weighted by Gasteiger charge is -2.10. The van der Waals surface area contributed by atoms with E-state index in [0.717, 1.165) is 18.1 Å². The molecule has 0 aliphatic heterocycles. The third-order valence-corrected chi connectivity index (χ3v) is 4.07. The topological polar surface area (TPSA) is 37.8 Å². The smallest absolute Gasteiger partial charge is 0.115 e. The maximum Gasteiger partial charge on any atom is 0.115 e. The second-order valence-corrected chi connectivity index (χ2v) is 6.17. The summed E-state index contributed by atoms with van der Waals surface area (Å²) in [5.74, 6) is 0. The van der Waals surface area contributed by atoms with Crippen LogP contribution in [-0.2, 0) is 6.54 Å². The normalized spacial score (nSPS) is 12.5. The highest BCUT2D eigenvalue weighted by molar-refractivity contribution is 7.99. The van der Waals surface area contributed by atoms with Gasteiger partial charge < -0.3 is 5.32 Å². The lowest BCUT2D eigenvalue weighted by atomic mass is 10.4. The molecule has 90 valence electrons. The van der Waals surface area contributed by atoms with Crippen LogP contribution in [-0.4, -0.2) is 21.8 Å². The molecule has 3 nitrogen and oxygen atoms in total. The van der Waals surface area contributed by atoms with Crippen molar-refractivity contribution in [2.75, 3.05) is 6.54 Å². The molecule has 1 unspecified atom stereocenters. The van der Waals surface area contributed by atoms with Gasteiger partial charge in [0, 0.05) is 35.6 Å². The summed E-state index contributed by atoms with van der Waals surface area (Å²) >= 11 is 3.53. The quantitative estimate of drug-likeness (QED) is 0.815. The maximum atomic E-state index is 4.25. The minimum Gasteiger partial charge on any atom is -0.311 e. The van der Waals surface area contributed by atoms with Crippen molar-refractivity contribution in [2.45, 2.75) is 23.7 Å². The lowest BCUT2D eigenvalue weighted by Crippen LogP contribution is -2.21. The van der Waals surface area contributed by atoms with E-state index in [0.29, 0.717) is 5.25 Å². The molecular weight excluding hydrogens is 250 g/mol. The molecule has 0 aromatic carbocycles. The van der Waals surface area contributed by atoms with E-state index >= 15 is 0 Å². The Hall–Kier alpha value is -0.910. The van der Waals surface area contributed by atoms with Crippen molar-refractivity contribution in [3.8, 4) is 0 Å². The van der Waals surface area contributed by atoms with Crippen molar-refractivity contribution in [3.63, 3.8) is 0 Å². The molecule has 0 radical (unpaired) electrons. The van der Waals surface area contributed by atoms with E-state index in [2.05, 4.69) is 39.7 Å². The van der Waals surface area contributed by atoms with Crippen LogP contribution in [0.25, 0.3) is 0 Å². The van der Waals surface area contributed by atoms with Crippen LogP contribution in [0.3, 0.4) is 0 Å². The van der Waals surface area contributed by atoms with Crippen molar-refractivity contribution in [1.29, 1.82) is 0 Å². The monoisotopic (exact) mass is 265 g/mol. The number of aromatic nitrogens is 2. The molecular formula is C12H15N3S2. The third kappa shape index (κ3) is 4.46. The van der Waals surface area contributed by atoms with Gasteiger partial charge in [0.25, 0.3) is 0 Å². The van der Waals surface area contributed by atoms with Crippen molar-refractivity contribution < 1.29 is 0 Å². The van der Waals surface area contributed by atoms with Crippen LogP contribution in [0.15, 0.2) is 41.1 Å².